The van der Waals surface area contributed by atoms with E-state index in [-0.39, 0.29) is 5.91 Å². The Morgan fingerprint density at radius 3 is 2.70 bits per heavy atom. The first-order valence-corrected chi connectivity index (χ1v) is 9.73. The average Bonchev–Trinajstić information content (AvgIpc) is 3.23. The molecule has 0 radical (unpaired) electrons. The molecule has 0 aliphatic carbocycles. The number of hydrogen-bond donors (Lipinski definition) is 0. The van der Waals surface area contributed by atoms with Gasteiger partial charge in [-0.1, -0.05) is 0 Å². The van der Waals surface area contributed by atoms with Crippen molar-refractivity contribution >= 4 is 17.2 Å². The molecule has 3 rings (SSSR count). The lowest BCUT2D eigenvalue weighted by molar-refractivity contribution is 0.0284. The van der Waals surface area contributed by atoms with Crippen molar-refractivity contribution in [3.63, 3.8) is 0 Å². The lowest BCUT2D eigenvalue weighted by Crippen LogP contribution is -2.44. The van der Waals surface area contributed by atoms with E-state index in [1.54, 1.807) is 11.3 Å². The molecule has 0 spiro atoms. The molecule has 0 unspecified atom stereocenters. The number of hydrogen-bond acceptors (Lipinski definition) is 4. The smallest absolute Gasteiger partial charge is 0.264 e. The van der Waals surface area contributed by atoms with E-state index in [0.717, 1.165) is 50.4 Å². The summed E-state index contributed by atoms with van der Waals surface area (Å²) < 4.78 is 5.48. The fourth-order valence-electron chi connectivity index (χ4n) is 3.61. The van der Waals surface area contributed by atoms with Gasteiger partial charge in [-0.3, -0.25) is 4.79 Å². The maximum atomic E-state index is 13.0. The van der Waals surface area contributed by atoms with Crippen molar-refractivity contribution < 1.29 is 9.53 Å². The zero-order valence-corrected chi connectivity index (χ0v) is 14.9. The van der Waals surface area contributed by atoms with Crippen molar-refractivity contribution in [1.82, 2.24) is 9.80 Å². The average molecular weight is 337 g/mol. The van der Waals surface area contributed by atoms with Gasteiger partial charge in [-0.2, -0.15) is 0 Å². The van der Waals surface area contributed by atoms with Gasteiger partial charge in [-0.25, -0.2) is 0 Å². The van der Waals surface area contributed by atoms with Crippen LogP contribution in [0.3, 0.4) is 0 Å². The summed E-state index contributed by atoms with van der Waals surface area (Å²) in [5, 5.41) is 0. The van der Waals surface area contributed by atoms with Crippen molar-refractivity contribution in [2.24, 2.45) is 0 Å². The van der Waals surface area contributed by atoms with Crippen LogP contribution in [-0.4, -0.2) is 61.1 Å². The Labute approximate surface area is 143 Å². The minimum absolute atomic E-state index is 0.219. The van der Waals surface area contributed by atoms with Crippen molar-refractivity contribution in [2.45, 2.75) is 45.1 Å². The van der Waals surface area contributed by atoms with Crippen LogP contribution in [0.15, 0.2) is 12.1 Å². The number of nitrogens with zero attached hydrogens (tertiary/aromatic N) is 2. The second-order valence-corrected chi connectivity index (χ2v) is 7.94. The first-order chi connectivity index (χ1) is 11.2. The Morgan fingerprint density at radius 1 is 1.30 bits per heavy atom. The Balaban J connectivity index is 1.61. The lowest BCUT2D eigenvalue weighted by atomic mass is 10.1. The van der Waals surface area contributed by atoms with Crippen molar-refractivity contribution in [2.75, 3.05) is 39.4 Å². The number of amides is 1. The zero-order chi connectivity index (χ0) is 16.1. The highest BCUT2D eigenvalue weighted by atomic mass is 32.1. The highest BCUT2D eigenvalue weighted by Crippen LogP contribution is 2.22. The van der Waals surface area contributed by atoms with Crippen LogP contribution in [0.4, 0.5) is 0 Å². The van der Waals surface area contributed by atoms with Crippen LogP contribution in [-0.2, 0) is 4.74 Å². The van der Waals surface area contributed by atoms with Crippen molar-refractivity contribution in [3.8, 4) is 0 Å². The number of rotatable bonds is 6. The number of aryl methyl sites for hydroxylation is 1. The molecule has 2 fully saturated rings. The van der Waals surface area contributed by atoms with Gasteiger partial charge in [0.1, 0.15) is 0 Å². The molecule has 0 aromatic carbocycles. The molecule has 0 bridgehead atoms. The first-order valence-electron chi connectivity index (χ1n) is 8.91. The molecule has 0 N–H and O–H groups in total. The minimum Gasteiger partial charge on any atom is -0.381 e. The zero-order valence-electron chi connectivity index (χ0n) is 14.1. The number of likely N-dealkylation sites (tertiary alicyclic amines) is 1. The van der Waals surface area contributed by atoms with E-state index in [0.29, 0.717) is 6.04 Å². The molecule has 1 aromatic rings. The summed E-state index contributed by atoms with van der Waals surface area (Å²) in [5.41, 5.74) is 0. The molecule has 1 aromatic heterocycles. The number of carbonyl (C=O) groups excluding carboxylic acids is 1. The second kappa shape index (κ2) is 8.27. The van der Waals surface area contributed by atoms with E-state index in [9.17, 15) is 4.79 Å². The van der Waals surface area contributed by atoms with E-state index in [2.05, 4.69) is 16.7 Å². The maximum Gasteiger partial charge on any atom is 0.264 e. The third-order valence-corrected chi connectivity index (χ3v) is 5.90. The predicted molar refractivity (Wildman–Crippen MR) is 94.2 cm³/mol. The van der Waals surface area contributed by atoms with E-state index >= 15 is 0 Å². The highest BCUT2D eigenvalue weighted by Gasteiger charge is 2.27. The van der Waals surface area contributed by atoms with E-state index in [1.165, 1.54) is 30.8 Å². The third kappa shape index (κ3) is 4.55. The largest absolute Gasteiger partial charge is 0.381 e. The summed E-state index contributed by atoms with van der Waals surface area (Å²) in [6.07, 6.45) is 5.68. The topological polar surface area (TPSA) is 32.8 Å². The van der Waals surface area contributed by atoms with Gasteiger partial charge in [0, 0.05) is 30.7 Å². The summed E-state index contributed by atoms with van der Waals surface area (Å²) in [7, 11) is 0. The summed E-state index contributed by atoms with van der Waals surface area (Å²) in [5.74, 6) is 0.219. The van der Waals surface area contributed by atoms with E-state index < -0.39 is 0 Å². The van der Waals surface area contributed by atoms with Crippen LogP contribution in [0, 0.1) is 6.92 Å². The maximum absolute atomic E-state index is 13.0. The number of ether oxygens (including phenoxy) is 1. The molecule has 5 heteroatoms. The summed E-state index contributed by atoms with van der Waals surface area (Å²) in [6.45, 7) is 8.08. The van der Waals surface area contributed by atoms with Crippen LogP contribution >= 0.6 is 11.3 Å². The molecule has 0 atom stereocenters. The molecule has 2 aliphatic rings. The molecule has 2 aliphatic heterocycles. The molecule has 23 heavy (non-hydrogen) atoms. The summed E-state index contributed by atoms with van der Waals surface area (Å²) in [6, 6.07) is 4.37. The SMILES string of the molecule is Cc1ccc(C(=O)N(CCCN2CCCC2)C2CCOCC2)s1. The van der Waals surface area contributed by atoms with E-state index in [4.69, 9.17) is 4.74 Å². The molecule has 3 heterocycles. The van der Waals surface area contributed by atoms with Crippen molar-refractivity contribution in [3.05, 3.63) is 21.9 Å². The highest BCUT2D eigenvalue weighted by molar-refractivity contribution is 7.13. The van der Waals surface area contributed by atoms with Gasteiger partial charge in [-0.15, -0.1) is 11.3 Å². The monoisotopic (exact) mass is 336 g/mol. The predicted octanol–water partition coefficient (Wildman–Crippen LogP) is 3.16. The summed E-state index contributed by atoms with van der Waals surface area (Å²) in [4.78, 5) is 19.7. The van der Waals surface area contributed by atoms with E-state index in [1.807, 2.05) is 12.1 Å². The van der Waals surface area contributed by atoms with Gasteiger partial charge in [-0.05, 0) is 70.8 Å². The lowest BCUT2D eigenvalue weighted by Gasteiger charge is -2.34. The number of carbonyl (C=O) groups is 1. The van der Waals surface area contributed by atoms with Gasteiger partial charge in [0.15, 0.2) is 0 Å². The van der Waals surface area contributed by atoms with Gasteiger partial charge in [0.2, 0.25) is 0 Å². The quantitative estimate of drug-likeness (QED) is 0.800. The molecule has 4 nitrogen and oxygen atoms in total. The van der Waals surface area contributed by atoms with Gasteiger partial charge in [0.05, 0.1) is 4.88 Å². The second-order valence-electron chi connectivity index (χ2n) is 6.65. The molecule has 0 saturated carbocycles. The van der Waals surface area contributed by atoms with Crippen LogP contribution in [0.5, 0.6) is 0 Å². The van der Waals surface area contributed by atoms with Crippen LogP contribution in [0.1, 0.15) is 46.7 Å². The fourth-order valence-corrected chi connectivity index (χ4v) is 4.43. The number of thiophene rings is 1. The third-order valence-electron chi connectivity index (χ3n) is 4.92. The fraction of sp³-hybridized carbons (Fsp3) is 0.722. The molecule has 2 saturated heterocycles. The van der Waals surface area contributed by atoms with Crippen LogP contribution < -0.4 is 0 Å². The molecule has 1 amide bonds. The van der Waals surface area contributed by atoms with Gasteiger partial charge >= 0.3 is 0 Å². The van der Waals surface area contributed by atoms with Crippen LogP contribution in [0.2, 0.25) is 0 Å². The molecule has 128 valence electrons. The molecular weight excluding hydrogens is 308 g/mol. The van der Waals surface area contributed by atoms with Crippen LogP contribution in [0.25, 0.3) is 0 Å². The molecular formula is C18H28N2O2S. The minimum atomic E-state index is 0.219. The van der Waals surface area contributed by atoms with Gasteiger partial charge < -0.3 is 14.5 Å². The Hall–Kier alpha value is -0.910. The Morgan fingerprint density at radius 2 is 2.04 bits per heavy atom. The normalized spacial score (nSPS) is 20.0. The Bertz CT molecular complexity index is 505. The Kier molecular flexibility index (Phi) is 6.08. The summed E-state index contributed by atoms with van der Waals surface area (Å²) >= 11 is 1.61. The standard InChI is InChI=1S/C18H28N2O2S/c1-15-5-6-17(23-15)18(21)20(16-7-13-22-14-8-16)12-4-11-19-9-2-3-10-19/h5-6,16H,2-4,7-14H2,1H3. The van der Waals surface area contributed by atoms with Crippen molar-refractivity contribution in [1.29, 1.82) is 0 Å². The first kappa shape index (κ1) is 16.9. The van der Waals surface area contributed by atoms with Gasteiger partial charge in [0.25, 0.3) is 5.91 Å².